The maximum absolute atomic E-state index is 14.1. The molecule has 0 N–H and O–H groups in total. The lowest BCUT2D eigenvalue weighted by atomic mass is 9.98. The average molecular weight is 538 g/mol. The van der Waals surface area contributed by atoms with E-state index in [-0.39, 0.29) is 22.3 Å². The minimum atomic E-state index is -0.868. The zero-order chi connectivity index (χ0) is 26.8. The van der Waals surface area contributed by atoms with E-state index in [1.807, 2.05) is 13.8 Å². The standard InChI is InChI=1S/C28H28FN3O5S/c1-4-7-8-13-36-20-11-9-16(14-21(20)35-6-3)24-23-25(33)18-15-17(29)10-12-19(18)37-26(23)27(34)32(24)28-31-30-22(5-2)38-28/h9-12,14-15,24H,4-8,13H2,1-3H3. The second kappa shape index (κ2) is 10.9. The molecule has 1 aliphatic rings. The van der Waals surface area contributed by atoms with Gasteiger partial charge in [0.25, 0.3) is 5.91 Å². The van der Waals surface area contributed by atoms with Crippen molar-refractivity contribution in [1.82, 2.24) is 10.2 Å². The number of anilines is 1. The molecule has 10 heteroatoms. The molecule has 0 bridgehead atoms. The SMILES string of the molecule is CCCCCOc1ccc(C2c3c(oc4ccc(F)cc4c3=O)C(=O)N2c2nnc(CC)s2)cc1OCC. The summed E-state index contributed by atoms with van der Waals surface area (Å²) >= 11 is 1.27. The zero-order valence-electron chi connectivity index (χ0n) is 21.5. The van der Waals surface area contributed by atoms with Crippen LogP contribution in [0.1, 0.15) is 72.8 Å². The Bertz CT molecular complexity index is 1550. The van der Waals surface area contributed by atoms with Gasteiger partial charge in [-0.25, -0.2) is 4.39 Å². The Morgan fingerprint density at radius 2 is 1.87 bits per heavy atom. The second-order valence-electron chi connectivity index (χ2n) is 8.92. The van der Waals surface area contributed by atoms with Crippen molar-refractivity contribution in [3.63, 3.8) is 0 Å². The van der Waals surface area contributed by atoms with Gasteiger partial charge >= 0.3 is 0 Å². The normalized spacial score (nSPS) is 14.8. The minimum absolute atomic E-state index is 0.0656. The van der Waals surface area contributed by atoms with Crippen molar-refractivity contribution in [2.75, 3.05) is 18.1 Å². The highest BCUT2D eigenvalue weighted by molar-refractivity contribution is 7.15. The molecule has 0 radical (unpaired) electrons. The zero-order valence-corrected chi connectivity index (χ0v) is 22.3. The molecule has 1 amide bonds. The lowest BCUT2D eigenvalue weighted by Crippen LogP contribution is -2.29. The highest BCUT2D eigenvalue weighted by Crippen LogP contribution is 2.44. The molecule has 2 aromatic carbocycles. The number of hydrogen-bond donors (Lipinski definition) is 0. The Morgan fingerprint density at radius 3 is 2.61 bits per heavy atom. The van der Waals surface area contributed by atoms with Crippen LogP contribution in [0.15, 0.2) is 45.6 Å². The number of carbonyl (C=O) groups excluding carboxylic acids is 1. The number of nitrogens with zero attached hydrogens (tertiary/aromatic N) is 3. The molecule has 0 spiro atoms. The van der Waals surface area contributed by atoms with Gasteiger partial charge in [0.15, 0.2) is 16.9 Å². The first kappa shape index (κ1) is 25.8. The summed E-state index contributed by atoms with van der Waals surface area (Å²) in [7, 11) is 0. The fraction of sp³-hybridized carbons (Fsp3) is 0.357. The van der Waals surface area contributed by atoms with Gasteiger partial charge in [-0.15, -0.1) is 10.2 Å². The van der Waals surface area contributed by atoms with Gasteiger partial charge in [-0.1, -0.05) is 44.1 Å². The molecule has 0 saturated carbocycles. The van der Waals surface area contributed by atoms with E-state index in [1.54, 1.807) is 18.2 Å². The van der Waals surface area contributed by atoms with Gasteiger partial charge in [-0.05, 0) is 55.7 Å². The summed E-state index contributed by atoms with van der Waals surface area (Å²) in [5.74, 6) is -0.0812. The molecule has 0 saturated heterocycles. The molecule has 0 aliphatic carbocycles. The van der Waals surface area contributed by atoms with Gasteiger partial charge in [0.05, 0.1) is 30.2 Å². The van der Waals surface area contributed by atoms with Gasteiger partial charge in [-0.2, -0.15) is 0 Å². The van der Waals surface area contributed by atoms with Crippen molar-refractivity contribution in [3.05, 3.63) is 74.3 Å². The van der Waals surface area contributed by atoms with Crippen LogP contribution >= 0.6 is 11.3 Å². The van der Waals surface area contributed by atoms with E-state index in [0.717, 1.165) is 30.3 Å². The molecule has 4 aromatic rings. The predicted octanol–water partition coefficient (Wildman–Crippen LogP) is 6.06. The smallest absolute Gasteiger partial charge is 0.297 e. The molecule has 3 heterocycles. The topological polar surface area (TPSA) is 94.8 Å². The first-order valence-corrected chi connectivity index (χ1v) is 13.6. The quantitative estimate of drug-likeness (QED) is 0.227. The van der Waals surface area contributed by atoms with Crippen LogP contribution in [-0.4, -0.2) is 29.3 Å². The molecular formula is C28H28FN3O5S. The Labute approximate surface area is 223 Å². The van der Waals surface area contributed by atoms with E-state index in [9.17, 15) is 14.0 Å². The van der Waals surface area contributed by atoms with Crippen molar-refractivity contribution in [1.29, 1.82) is 0 Å². The number of fused-ring (bicyclic) bond motifs is 2. The number of hydrogen-bond acceptors (Lipinski definition) is 8. The number of unbranched alkanes of at least 4 members (excludes halogenated alkanes) is 2. The van der Waals surface area contributed by atoms with Crippen LogP contribution in [0.5, 0.6) is 11.5 Å². The highest BCUT2D eigenvalue weighted by Gasteiger charge is 2.45. The minimum Gasteiger partial charge on any atom is -0.490 e. The Balaban J connectivity index is 1.67. The fourth-order valence-electron chi connectivity index (χ4n) is 4.56. The van der Waals surface area contributed by atoms with Gasteiger partial charge in [0.1, 0.15) is 16.4 Å². The Kier molecular flexibility index (Phi) is 7.42. The van der Waals surface area contributed by atoms with Crippen LogP contribution < -0.4 is 19.8 Å². The number of carbonyl (C=O) groups is 1. The molecule has 198 valence electrons. The van der Waals surface area contributed by atoms with Crippen molar-refractivity contribution in [2.24, 2.45) is 0 Å². The first-order chi connectivity index (χ1) is 18.5. The largest absolute Gasteiger partial charge is 0.490 e. The summed E-state index contributed by atoms with van der Waals surface area (Å²) in [6, 6.07) is 8.17. The fourth-order valence-corrected chi connectivity index (χ4v) is 5.36. The van der Waals surface area contributed by atoms with E-state index in [2.05, 4.69) is 17.1 Å². The third kappa shape index (κ3) is 4.64. The highest BCUT2D eigenvalue weighted by atomic mass is 32.1. The lowest BCUT2D eigenvalue weighted by molar-refractivity contribution is 0.0970. The third-order valence-electron chi connectivity index (χ3n) is 6.39. The molecule has 1 unspecified atom stereocenters. The number of ether oxygens (including phenoxy) is 2. The Morgan fingerprint density at radius 1 is 1.03 bits per heavy atom. The summed E-state index contributed by atoms with van der Waals surface area (Å²) in [5, 5.41) is 9.57. The van der Waals surface area contributed by atoms with Crippen LogP contribution in [0.2, 0.25) is 0 Å². The molecule has 38 heavy (non-hydrogen) atoms. The van der Waals surface area contributed by atoms with E-state index >= 15 is 0 Å². The van der Waals surface area contributed by atoms with Crippen molar-refractivity contribution >= 4 is 33.3 Å². The van der Waals surface area contributed by atoms with Gasteiger partial charge in [-0.3, -0.25) is 14.5 Å². The van der Waals surface area contributed by atoms with Crippen LogP contribution in [-0.2, 0) is 6.42 Å². The predicted molar refractivity (Wildman–Crippen MR) is 143 cm³/mol. The summed E-state index contributed by atoms with van der Waals surface area (Å²) in [6.45, 7) is 6.90. The third-order valence-corrected chi connectivity index (χ3v) is 7.45. The summed E-state index contributed by atoms with van der Waals surface area (Å²) in [5.41, 5.74) is 0.402. The molecular weight excluding hydrogens is 509 g/mol. The molecule has 1 aliphatic heterocycles. The van der Waals surface area contributed by atoms with Crippen LogP contribution in [0.25, 0.3) is 11.0 Å². The van der Waals surface area contributed by atoms with Crippen molar-refractivity contribution in [2.45, 2.75) is 52.5 Å². The van der Waals surface area contributed by atoms with Crippen LogP contribution in [0, 0.1) is 5.82 Å². The second-order valence-corrected chi connectivity index (χ2v) is 9.96. The van der Waals surface area contributed by atoms with E-state index in [1.165, 1.54) is 28.4 Å². The Hall–Kier alpha value is -3.79. The molecule has 1 atom stereocenters. The van der Waals surface area contributed by atoms with E-state index < -0.39 is 23.2 Å². The lowest BCUT2D eigenvalue weighted by Gasteiger charge is -2.23. The number of aryl methyl sites for hydroxylation is 1. The first-order valence-electron chi connectivity index (χ1n) is 12.8. The number of halogens is 1. The van der Waals surface area contributed by atoms with Gasteiger partial charge in [0, 0.05) is 0 Å². The molecule has 0 fully saturated rings. The maximum atomic E-state index is 14.1. The van der Waals surface area contributed by atoms with Crippen molar-refractivity contribution in [3.8, 4) is 11.5 Å². The summed E-state index contributed by atoms with van der Waals surface area (Å²) in [4.78, 5) is 28.9. The van der Waals surface area contributed by atoms with E-state index in [0.29, 0.717) is 41.8 Å². The van der Waals surface area contributed by atoms with Crippen molar-refractivity contribution < 1.29 is 23.1 Å². The number of aromatic nitrogens is 2. The molecule has 8 nitrogen and oxygen atoms in total. The van der Waals surface area contributed by atoms with Gasteiger partial charge in [0.2, 0.25) is 10.9 Å². The van der Waals surface area contributed by atoms with Crippen LogP contribution in [0.4, 0.5) is 9.52 Å². The number of rotatable bonds is 10. The van der Waals surface area contributed by atoms with Crippen LogP contribution in [0.3, 0.4) is 0 Å². The summed E-state index contributed by atoms with van der Waals surface area (Å²) < 4.78 is 31.8. The molecule has 5 rings (SSSR count). The molecule has 2 aromatic heterocycles. The maximum Gasteiger partial charge on any atom is 0.297 e. The van der Waals surface area contributed by atoms with Gasteiger partial charge < -0.3 is 13.9 Å². The monoisotopic (exact) mass is 537 g/mol. The number of amides is 1. The van der Waals surface area contributed by atoms with E-state index in [4.69, 9.17) is 13.9 Å². The average Bonchev–Trinajstić information content (AvgIpc) is 3.50. The number of benzene rings is 2. The summed E-state index contributed by atoms with van der Waals surface area (Å²) in [6.07, 6.45) is 3.71.